The maximum absolute atomic E-state index is 9.43. The Morgan fingerprint density at radius 2 is 1.43 bits per heavy atom. The van der Waals surface area contributed by atoms with Gasteiger partial charge in [0.15, 0.2) is 6.72 Å². The summed E-state index contributed by atoms with van der Waals surface area (Å²) in [6, 6.07) is 0. The number of hydrogen-bond donors (Lipinski definition) is 4. The summed E-state index contributed by atoms with van der Waals surface area (Å²) < 4.78 is 17.1. The Bertz CT molecular complexity index is 137. The van der Waals surface area contributed by atoms with Gasteiger partial charge < -0.3 is 23.4 Å². The Morgan fingerprint density at radius 3 is 1.43 bits per heavy atom. The van der Waals surface area contributed by atoms with Crippen LogP contribution < -0.4 is 0 Å². The van der Waals surface area contributed by atoms with Gasteiger partial charge in [0, 0.05) is 0 Å². The Kier molecular flexibility index (Phi) is 2.25. The highest BCUT2D eigenvalue weighted by molar-refractivity contribution is 8.17. The van der Waals surface area contributed by atoms with E-state index in [9.17, 15) is 4.21 Å². The second-order valence-corrected chi connectivity index (χ2v) is 4.64. The summed E-state index contributed by atoms with van der Waals surface area (Å²) in [7, 11) is -2.91. The number of rotatable bonds is 0. The van der Waals surface area contributed by atoms with E-state index in [1.54, 1.807) is 0 Å². The summed E-state index contributed by atoms with van der Waals surface area (Å²) in [6.45, 7) is -4.46. The quantitative estimate of drug-likeness (QED) is 0.202. The molecule has 0 rings (SSSR count). The normalized spacial score (nSPS) is 12.7. The van der Waals surface area contributed by atoms with Crippen molar-refractivity contribution in [3.05, 3.63) is 0 Å². The maximum Gasteiger partial charge on any atom is 0.181 e. The van der Waals surface area contributed by atoms with E-state index in [2.05, 4.69) is 0 Å². The molecule has 0 aromatic rings. The van der Waals surface area contributed by atoms with Crippen molar-refractivity contribution in [3.8, 4) is 0 Å². The standard InChI is InChI=1S/H4O5PS/c1-6(2,3)7(4)5/h1-3H,(H,4,5)/q-1. The highest BCUT2D eigenvalue weighted by Gasteiger charge is 1.90. The average molecular weight is 147 g/mol. The Balaban J connectivity index is 4.65. The van der Waals surface area contributed by atoms with E-state index in [4.69, 9.17) is 19.2 Å². The number of hydrogen-bond acceptors (Lipinski definition) is 2. The molecule has 0 aliphatic heterocycles. The molecule has 0 aromatic heterocycles. The minimum Gasteiger partial charge on any atom is -0.462 e. The fourth-order valence-electron chi connectivity index (χ4n) is 0. The molecule has 7 heteroatoms. The van der Waals surface area contributed by atoms with E-state index < -0.39 is 17.0 Å². The fraction of sp³-hybridized carbons (Fsp3) is 0. The van der Waals surface area contributed by atoms with Crippen molar-refractivity contribution in [2.75, 3.05) is 0 Å². The zero-order valence-electron chi connectivity index (χ0n) is 3.05. The first-order chi connectivity index (χ1) is 2.94. The molecule has 46 valence electrons. The third-order valence-corrected chi connectivity index (χ3v) is 1.89. The molecule has 0 amide bonds. The van der Waals surface area contributed by atoms with Crippen LogP contribution in [0, 0.1) is 0 Å². The summed E-state index contributed by atoms with van der Waals surface area (Å²) in [5.41, 5.74) is 0. The molecule has 0 fully saturated rings. The highest BCUT2D eigenvalue weighted by atomic mass is 32.5. The third kappa shape index (κ3) is 3.04. The minimum atomic E-state index is -4.46. The Morgan fingerprint density at radius 1 is 1.29 bits per heavy atom. The fourth-order valence-corrected chi connectivity index (χ4v) is 0. The molecule has 0 aromatic carbocycles. The van der Waals surface area contributed by atoms with Gasteiger partial charge in [-0.1, -0.05) is 10.3 Å². The molecule has 0 atom stereocenters. The third-order valence-electron chi connectivity index (χ3n) is 0.210. The van der Waals surface area contributed by atoms with Gasteiger partial charge in [-0.2, -0.15) is 0 Å². The van der Waals surface area contributed by atoms with E-state index in [0.717, 1.165) is 0 Å². The highest BCUT2D eigenvalue weighted by Crippen LogP contribution is 2.31. The van der Waals surface area contributed by atoms with Gasteiger partial charge in [0.1, 0.15) is 0 Å². The molecule has 0 unspecified atom stereocenters. The molecule has 0 saturated carbocycles. The second kappa shape index (κ2) is 2.13. The smallest absolute Gasteiger partial charge is 0.181 e. The van der Waals surface area contributed by atoms with Crippen molar-refractivity contribution in [2.24, 2.45) is 0 Å². The van der Waals surface area contributed by atoms with Crippen LogP contribution in [-0.4, -0.2) is 19.2 Å². The molecular weight excluding hydrogens is 143 g/mol. The zero-order valence-corrected chi connectivity index (χ0v) is 4.76. The summed E-state index contributed by atoms with van der Waals surface area (Å²) in [5.74, 6) is 0. The summed E-state index contributed by atoms with van der Waals surface area (Å²) in [5, 5.41) is 0. The van der Waals surface area contributed by atoms with Gasteiger partial charge in [-0.05, 0) is 0 Å². The van der Waals surface area contributed by atoms with Gasteiger partial charge >= 0.3 is 0 Å². The van der Waals surface area contributed by atoms with Crippen LogP contribution >= 0.6 is 6.72 Å². The van der Waals surface area contributed by atoms with E-state index >= 15 is 0 Å². The van der Waals surface area contributed by atoms with Crippen LogP contribution in [0.15, 0.2) is 0 Å². The molecular formula is H4O5PS-. The van der Waals surface area contributed by atoms with Crippen molar-refractivity contribution in [1.29, 1.82) is 0 Å². The molecule has 7 heavy (non-hydrogen) atoms. The van der Waals surface area contributed by atoms with Gasteiger partial charge in [-0.15, -0.1) is 0 Å². The summed E-state index contributed by atoms with van der Waals surface area (Å²) >= 11 is 0. The first-order valence-corrected chi connectivity index (χ1v) is 4.49. The van der Waals surface area contributed by atoms with Crippen LogP contribution in [-0.2, 0) is 14.5 Å². The topological polar surface area (TPSA) is 98.0 Å². The van der Waals surface area contributed by atoms with Crippen LogP contribution in [0.25, 0.3) is 0 Å². The van der Waals surface area contributed by atoms with Gasteiger partial charge in [0.05, 0.1) is 0 Å². The molecule has 0 aliphatic rings. The largest absolute Gasteiger partial charge is 0.462 e. The summed E-state index contributed by atoms with van der Waals surface area (Å²) in [6.07, 6.45) is 0. The predicted octanol–water partition coefficient (Wildman–Crippen LogP) is -0.922. The van der Waals surface area contributed by atoms with Crippen LogP contribution in [0.3, 0.4) is 0 Å². The zero-order chi connectivity index (χ0) is 6.08. The van der Waals surface area contributed by atoms with Gasteiger partial charge in [0.2, 0.25) is 0 Å². The molecule has 0 aliphatic carbocycles. The van der Waals surface area contributed by atoms with Crippen molar-refractivity contribution < 1.29 is 23.4 Å². The van der Waals surface area contributed by atoms with Crippen LogP contribution in [0.2, 0.25) is 0 Å². The van der Waals surface area contributed by atoms with Crippen LogP contribution in [0.5, 0.6) is 0 Å². The first-order valence-electron chi connectivity index (χ1n) is 1.13. The molecule has 0 heterocycles. The average Bonchev–Trinajstić information content (AvgIpc) is 1.31. The van der Waals surface area contributed by atoms with Crippen molar-refractivity contribution >= 4 is 17.0 Å². The molecule has 0 saturated heterocycles. The lowest BCUT2D eigenvalue weighted by atomic mass is 15.8. The van der Waals surface area contributed by atoms with Crippen molar-refractivity contribution in [3.63, 3.8) is 0 Å². The monoisotopic (exact) mass is 147 g/mol. The second-order valence-electron chi connectivity index (χ2n) is 0.744. The van der Waals surface area contributed by atoms with Gasteiger partial charge in [-0.3, -0.25) is 0 Å². The van der Waals surface area contributed by atoms with Crippen molar-refractivity contribution in [2.45, 2.75) is 0 Å². The van der Waals surface area contributed by atoms with Gasteiger partial charge in [-0.25, -0.2) is 0 Å². The Labute approximate surface area is 41.4 Å². The van der Waals surface area contributed by atoms with E-state index in [-0.39, 0.29) is 0 Å². The van der Waals surface area contributed by atoms with E-state index in [0.29, 0.717) is 0 Å². The SMILES string of the molecule is O=[S-](O)=P(O)(O)O. The lowest BCUT2D eigenvalue weighted by Gasteiger charge is -2.05. The van der Waals surface area contributed by atoms with Crippen molar-refractivity contribution in [1.82, 2.24) is 0 Å². The molecule has 4 N–H and O–H groups in total. The molecule has 0 radical (unpaired) electrons. The minimum absolute atomic E-state index is 2.91. The maximum atomic E-state index is 9.43. The van der Waals surface area contributed by atoms with E-state index in [1.165, 1.54) is 0 Å². The first kappa shape index (κ1) is 7.42. The lowest BCUT2D eigenvalue weighted by Crippen LogP contribution is -1.78. The van der Waals surface area contributed by atoms with E-state index in [1.807, 2.05) is 0 Å². The summed E-state index contributed by atoms with van der Waals surface area (Å²) in [4.78, 5) is 23.3. The molecule has 0 spiro atoms. The van der Waals surface area contributed by atoms with Gasteiger partial charge in [0.25, 0.3) is 0 Å². The molecule has 5 nitrogen and oxygen atoms in total. The predicted molar refractivity (Wildman–Crippen MR) is 24.3 cm³/mol. The lowest BCUT2D eigenvalue weighted by molar-refractivity contribution is 0.357. The molecule has 0 bridgehead atoms. The van der Waals surface area contributed by atoms with Crippen LogP contribution in [0.1, 0.15) is 0 Å². The van der Waals surface area contributed by atoms with Crippen LogP contribution in [0.4, 0.5) is 0 Å². The Hall–Kier alpha value is 0.420.